The SMILES string of the molecule is CCOCOC(CC1CC2CC1C(C)C2C1C(C)C2CC(CC(O)(C(F)(F)F)C(F)(F)F)C1C2)(C(F)(F)F)C(F)(F)F. The van der Waals surface area contributed by atoms with E-state index >= 15 is 0 Å². The average molecular weight is 637 g/mol. The monoisotopic (exact) mass is 636 g/mol. The van der Waals surface area contributed by atoms with Gasteiger partial charge in [0.1, 0.15) is 6.79 Å². The van der Waals surface area contributed by atoms with Crippen LogP contribution in [0.4, 0.5) is 52.7 Å². The fourth-order valence-electron chi connectivity index (χ4n) is 9.43. The van der Waals surface area contributed by atoms with Gasteiger partial charge in [0.2, 0.25) is 0 Å². The third kappa shape index (κ3) is 5.32. The molecule has 3 nitrogen and oxygen atoms in total. The van der Waals surface area contributed by atoms with Gasteiger partial charge in [-0.2, -0.15) is 52.7 Å². The lowest BCUT2D eigenvalue weighted by Gasteiger charge is -2.47. The van der Waals surface area contributed by atoms with Crippen molar-refractivity contribution in [2.24, 2.45) is 59.2 Å². The van der Waals surface area contributed by atoms with E-state index < -0.39 is 85.1 Å². The van der Waals surface area contributed by atoms with Gasteiger partial charge in [0, 0.05) is 6.61 Å². The summed E-state index contributed by atoms with van der Waals surface area (Å²) in [7, 11) is 0. The number of hydrogen-bond acceptors (Lipinski definition) is 3. The number of ether oxygens (including phenoxy) is 2. The maximum atomic E-state index is 14.0. The van der Waals surface area contributed by atoms with E-state index in [1.165, 1.54) is 6.92 Å². The molecule has 0 aromatic rings. The number of rotatable bonds is 9. The summed E-state index contributed by atoms with van der Waals surface area (Å²) in [5, 5.41) is 9.84. The van der Waals surface area contributed by atoms with Gasteiger partial charge in [0.25, 0.3) is 11.2 Å². The van der Waals surface area contributed by atoms with Crippen molar-refractivity contribution in [3.63, 3.8) is 0 Å². The van der Waals surface area contributed by atoms with E-state index in [0.29, 0.717) is 12.8 Å². The molecule has 1 N–H and O–H groups in total. The van der Waals surface area contributed by atoms with Crippen LogP contribution in [0.2, 0.25) is 0 Å². The Morgan fingerprint density at radius 1 is 0.619 bits per heavy atom. The molecule has 10 unspecified atom stereocenters. The quantitative estimate of drug-likeness (QED) is 0.157. The number of hydrogen-bond donors (Lipinski definition) is 1. The van der Waals surface area contributed by atoms with Gasteiger partial charge >= 0.3 is 24.7 Å². The molecule has 0 spiro atoms. The summed E-state index contributed by atoms with van der Waals surface area (Å²) >= 11 is 0. The van der Waals surface area contributed by atoms with Crippen LogP contribution in [-0.2, 0) is 9.47 Å². The van der Waals surface area contributed by atoms with Crippen LogP contribution in [0.3, 0.4) is 0 Å². The molecule has 4 aliphatic carbocycles. The van der Waals surface area contributed by atoms with Crippen molar-refractivity contribution >= 4 is 0 Å². The molecule has 4 aliphatic rings. The molecule has 0 heterocycles. The third-order valence-corrected chi connectivity index (χ3v) is 11.2. The van der Waals surface area contributed by atoms with E-state index in [4.69, 9.17) is 0 Å². The molecule has 4 rings (SSSR count). The van der Waals surface area contributed by atoms with Gasteiger partial charge in [-0.1, -0.05) is 13.8 Å². The van der Waals surface area contributed by atoms with Gasteiger partial charge in [-0.3, -0.25) is 0 Å². The van der Waals surface area contributed by atoms with Gasteiger partial charge in [0.15, 0.2) is 0 Å². The lowest BCUT2D eigenvalue weighted by Crippen LogP contribution is -2.60. The van der Waals surface area contributed by atoms with Gasteiger partial charge in [-0.25, -0.2) is 0 Å². The molecule has 15 heteroatoms. The molecule has 10 atom stereocenters. The molecule has 0 amide bonds. The summed E-state index contributed by atoms with van der Waals surface area (Å²) in [6.45, 7) is 3.59. The van der Waals surface area contributed by atoms with Crippen LogP contribution in [0, 0.1) is 59.2 Å². The number of aliphatic hydroxyl groups is 1. The maximum Gasteiger partial charge on any atom is 0.426 e. The second-order valence-corrected chi connectivity index (χ2v) is 13.0. The first-order valence-electron chi connectivity index (χ1n) is 14.2. The van der Waals surface area contributed by atoms with E-state index in [2.05, 4.69) is 9.47 Å². The first-order chi connectivity index (χ1) is 19.0. The van der Waals surface area contributed by atoms with Gasteiger partial charge < -0.3 is 14.6 Å². The second kappa shape index (κ2) is 10.8. The fraction of sp³-hybridized carbons (Fsp3) is 1.00. The van der Waals surface area contributed by atoms with Crippen molar-refractivity contribution < 1.29 is 67.3 Å². The largest absolute Gasteiger partial charge is 0.426 e. The highest BCUT2D eigenvalue weighted by molar-refractivity contribution is 5.11. The van der Waals surface area contributed by atoms with Crippen LogP contribution >= 0.6 is 0 Å². The molecule has 42 heavy (non-hydrogen) atoms. The Balaban J connectivity index is 1.55. The number of fused-ring (bicyclic) bond motifs is 4. The summed E-state index contributed by atoms with van der Waals surface area (Å²) < 4.78 is 174. The Morgan fingerprint density at radius 3 is 1.57 bits per heavy atom. The molecule has 4 bridgehead atoms. The van der Waals surface area contributed by atoms with Crippen LogP contribution in [0.5, 0.6) is 0 Å². The summed E-state index contributed by atoms with van der Waals surface area (Å²) in [5.74, 6) is -4.76. The normalized spacial score (nSPS) is 37.7. The molecule has 246 valence electrons. The Labute approximate surface area is 235 Å². The standard InChI is InChI=1S/C27H36F12O3/c1-4-41-11-42-23(26(34,35)36,27(37,38)39)10-17-6-15-8-18(17)13(3)20(15)21-12(2)14-5-16(19(21)7-14)9-22(40,24(28,29)30)25(31,32)33/h12-21,40H,4-11H2,1-3H3. The summed E-state index contributed by atoms with van der Waals surface area (Å²) in [6.07, 6.45) is -25.5. The lowest BCUT2D eigenvalue weighted by molar-refractivity contribution is -0.398. The van der Waals surface area contributed by atoms with Crippen LogP contribution in [0.25, 0.3) is 0 Å². The number of halogens is 12. The zero-order chi connectivity index (χ0) is 31.8. The minimum absolute atomic E-state index is 0.0197. The highest BCUT2D eigenvalue weighted by Gasteiger charge is 2.75. The van der Waals surface area contributed by atoms with Gasteiger partial charge in [-0.15, -0.1) is 0 Å². The Kier molecular flexibility index (Phi) is 8.75. The zero-order valence-corrected chi connectivity index (χ0v) is 23.2. The number of alkyl halides is 12. The van der Waals surface area contributed by atoms with Crippen molar-refractivity contribution in [2.45, 2.75) is 95.2 Å². The van der Waals surface area contributed by atoms with E-state index in [1.807, 2.05) is 6.92 Å². The van der Waals surface area contributed by atoms with Gasteiger partial charge in [0.05, 0.1) is 0 Å². The van der Waals surface area contributed by atoms with Gasteiger partial charge in [-0.05, 0) is 105 Å². The lowest BCUT2D eigenvalue weighted by atomic mass is 9.59. The zero-order valence-electron chi connectivity index (χ0n) is 23.2. The predicted molar refractivity (Wildman–Crippen MR) is 123 cm³/mol. The van der Waals surface area contributed by atoms with Crippen molar-refractivity contribution in [3.8, 4) is 0 Å². The Morgan fingerprint density at radius 2 is 1.12 bits per heavy atom. The topological polar surface area (TPSA) is 38.7 Å². The summed E-state index contributed by atoms with van der Waals surface area (Å²) in [5.41, 5.74) is -9.31. The van der Waals surface area contributed by atoms with Crippen molar-refractivity contribution in [1.82, 2.24) is 0 Å². The van der Waals surface area contributed by atoms with Crippen molar-refractivity contribution in [2.75, 3.05) is 13.4 Å². The molecule has 0 aliphatic heterocycles. The first kappa shape index (κ1) is 33.9. The Bertz CT molecular complexity index is 928. The third-order valence-electron chi connectivity index (χ3n) is 11.2. The Hall–Kier alpha value is -0.960. The predicted octanol–water partition coefficient (Wildman–Crippen LogP) is 8.31. The van der Waals surface area contributed by atoms with Crippen molar-refractivity contribution in [3.05, 3.63) is 0 Å². The van der Waals surface area contributed by atoms with Crippen molar-refractivity contribution in [1.29, 1.82) is 0 Å². The van der Waals surface area contributed by atoms with E-state index in [1.54, 1.807) is 6.92 Å². The molecule has 4 fully saturated rings. The summed E-state index contributed by atoms with van der Waals surface area (Å²) in [6, 6.07) is 0. The highest BCUT2D eigenvalue weighted by atomic mass is 19.4. The molecule has 0 radical (unpaired) electrons. The van der Waals surface area contributed by atoms with E-state index in [9.17, 15) is 57.8 Å². The first-order valence-corrected chi connectivity index (χ1v) is 14.2. The van der Waals surface area contributed by atoms with Crippen LogP contribution in [-0.4, -0.2) is 54.4 Å². The fourth-order valence-corrected chi connectivity index (χ4v) is 9.43. The maximum absolute atomic E-state index is 14.0. The molecule has 0 aromatic carbocycles. The van der Waals surface area contributed by atoms with Crippen LogP contribution in [0.15, 0.2) is 0 Å². The smallest absolute Gasteiger partial charge is 0.374 e. The molecule has 0 aromatic heterocycles. The average Bonchev–Trinajstić information content (AvgIpc) is 3.55. The minimum Gasteiger partial charge on any atom is -0.374 e. The second-order valence-electron chi connectivity index (χ2n) is 13.0. The molecule has 0 saturated heterocycles. The summed E-state index contributed by atoms with van der Waals surface area (Å²) in [4.78, 5) is 0. The highest BCUT2D eigenvalue weighted by Crippen LogP contribution is 2.68. The minimum atomic E-state index is -5.94. The van der Waals surface area contributed by atoms with E-state index in [0.717, 1.165) is 0 Å². The van der Waals surface area contributed by atoms with Crippen LogP contribution in [0.1, 0.15) is 59.3 Å². The van der Waals surface area contributed by atoms with Crippen LogP contribution < -0.4 is 0 Å². The molecular formula is C27H36F12O3. The molecular weight excluding hydrogens is 600 g/mol. The van der Waals surface area contributed by atoms with E-state index in [-0.39, 0.29) is 49.0 Å². The molecule has 4 saturated carbocycles.